The normalized spacial score (nSPS) is 21.0. The Labute approximate surface area is 118 Å². The Balaban J connectivity index is 2.24. The summed E-state index contributed by atoms with van der Waals surface area (Å²) in [5, 5.41) is 16.4. The topological polar surface area (TPSA) is 97.2 Å². The Morgan fingerprint density at radius 2 is 2.32 bits per heavy atom. The van der Waals surface area contributed by atoms with Crippen molar-refractivity contribution in [2.45, 2.75) is 19.9 Å². The molecule has 0 spiro atoms. The summed E-state index contributed by atoms with van der Waals surface area (Å²) >= 11 is 3.22. The molecule has 0 aromatic carbocycles. The van der Waals surface area contributed by atoms with Crippen molar-refractivity contribution in [1.82, 2.24) is 10.3 Å². The van der Waals surface area contributed by atoms with Crippen LogP contribution in [0.5, 0.6) is 0 Å². The summed E-state index contributed by atoms with van der Waals surface area (Å²) in [5.41, 5.74) is -0.354. The third-order valence-corrected chi connectivity index (χ3v) is 3.69. The summed E-state index contributed by atoms with van der Waals surface area (Å²) in [5.74, 6) is 0.317. The Morgan fingerprint density at radius 1 is 1.63 bits per heavy atom. The van der Waals surface area contributed by atoms with Crippen LogP contribution in [0.3, 0.4) is 0 Å². The van der Waals surface area contributed by atoms with Gasteiger partial charge in [-0.2, -0.15) is 0 Å². The molecule has 8 heteroatoms. The van der Waals surface area contributed by atoms with Gasteiger partial charge in [0.15, 0.2) is 0 Å². The van der Waals surface area contributed by atoms with E-state index in [0.717, 1.165) is 6.20 Å². The average Bonchev–Trinajstić information content (AvgIpc) is 2.58. The maximum Gasteiger partial charge on any atom is 0.288 e. The van der Waals surface area contributed by atoms with E-state index < -0.39 is 11.0 Å². The van der Waals surface area contributed by atoms with Gasteiger partial charge in [-0.25, -0.2) is 4.98 Å². The summed E-state index contributed by atoms with van der Waals surface area (Å²) in [6, 6.07) is 0.938. The van der Waals surface area contributed by atoms with Gasteiger partial charge in [0.2, 0.25) is 5.91 Å². The smallest absolute Gasteiger partial charge is 0.288 e. The minimum atomic E-state index is -0.520. The highest BCUT2D eigenvalue weighted by atomic mass is 79.9. The lowest BCUT2D eigenvalue weighted by molar-refractivity contribution is -0.385. The lowest BCUT2D eigenvalue weighted by Gasteiger charge is -2.25. The van der Waals surface area contributed by atoms with Gasteiger partial charge in [0.05, 0.1) is 9.40 Å². The maximum atomic E-state index is 11.8. The molecule has 1 atom stereocenters. The SMILES string of the molecule is CC1(C)CNC(=O)C1Nc1ncc([N+](=O)[O-])cc1Br. The third-order valence-electron chi connectivity index (χ3n) is 3.08. The second kappa shape index (κ2) is 4.76. The van der Waals surface area contributed by atoms with Gasteiger partial charge >= 0.3 is 0 Å². The molecular formula is C11H13BrN4O3. The molecule has 1 aliphatic heterocycles. The van der Waals surface area contributed by atoms with Crippen LogP contribution in [0.25, 0.3) is 0 Å². The maximum absolute atomic E-state index is 11.8. The molecule has 1 aromatic rings. The molecule has 1 saturated heterocycles. The molecular weight excluding hydrogens is 316 g/mol. The van der Waals surface area contributed by atoms with E-state index in [1.807, 2.05) is 13.8 Å². The van der Waals surface area contributed by atoms with Crippen LogP contribution in [-0.2, 0) is 4.79 Å². The Hall–Kier alpha value is -1.70. The number of carbonyl (C=O) groups is 1. The Bertz CT molecular complexity index is 547. The van der Waals surface area contributed by atoms with Gasteiger partial charge in [-0.1, -0.05) is 13.8 Å². The number of nitro groups is 1. The van der Waals surface area contributed by atoms with E-state index in [0.29, 0.717) is 16.8 Å². The average molecular weight is 329 g/mol. The molecule has 2 heterocycles. The number of nitrogens with zero attached hydrogens (tertiary/aromatic N) is 2. The van der Waals surface area contributed by atoms with Crippen molar-refractivity contribution in [3.8, 4) is 0 Å². The zero-order valence-corrected chi connectivity index (χ0v) is 12.0. The standard InChI is InChI=1S/C11H13BrN4O3/c1-11(2)5-14-10(17)8(11)15-9-7(12)3-6(4-13-9)16(18)19/h3-4,8H,5H2,1-2H3,(H,13,15)(H,14,17). The molecule has 19 heavy (non-hydrogen) atoms. The largest absolute Gasteiger partial charge is 0.357 e. The van der Waals surface area contributed by atoms with Crippen molar-refractivity contribution >= 4 is 33.3 Å². The summed E-state index contributed by atoms with van der Waals surface area (Å²) in [6.45, 7) is 4.50. The molecule has 1 amide bonds. The van der Waals surface area contributed by atoms with Crippen molar-refractivity contribution in [3.05, 3.63) is 26.9 Å². The zero-order valence-electron chi connectivity index (χ0n) is 10.4. The molecule has 7 nitrogen and oxygen atoms in total. The molecule has 0 aliphatic carbocycles. The molecule has 1 aliphatic rings. The van der Waals surface area contributed by atoms with Crippen LogP contribution >= 0.6 is 15.9 Å². The second-order valence-corrected chi connectivity index (χ2v) is 5.92. The minimum Gasteiger partial charge on any atom is -0.357 e. The molecule has 102 valence electrons. The predicted molar refractivity (Wildman–Crippen MR) is 72.8 cm³/mol. The van der Waals surface area contributed by atoms with Crippen molar-refractivity contribution in [2.24, 2.45) is 5.41 Å². The van der Waals surface area contributed by atoms with Crippen molar-refractivity contribution in [2.75, 3.05) is 11.9 Å². The molecule has 2 rings (SSSR count). The van der Waals surface area contributed by atoms with Crippen molar-refractivity contribution in [3.63, 3.8) is 0 Å². The van der Waals surface area contributed by atoms with Crippen LogP contribution in [0.1, 0.15) is 13.8 Å². The first kappa shape index (κ1) is 13.7. The number of nitrogens with one attached hydrogen (secondary N) is 2. The first-order valence-corrected chi connectivity index (χ1v) is 6.45. The number of amides is 1. The fourth-order valence-corrected chi connectivity index (χ4v) is 2.36. The lowest BCUT2D eigenvalue weighted by atomic mass is 9.87. The van der Waals surface area contributed by atoms with Gasteiger partial charge in [-0.3, -0.25) is 14.9 Å². The molecule has 1 aromatic heterocycles. The zero-order chi connectivity index (χ0) is 14.2. The van der Waals surface area contributed by atoms with Gasteiger partial charge in [0.1, 0.15) is 18.1 Å². The monoisotopic (exact) mass is 328 g/mol. The molecule has 2 N–H and O–H groups in total. The summed E-state index contributed by atoms with van der Waals surface area (Å²) in [7, 11) is 0. The van der Waals surface area contributed by atoms with E-state index in [1.54, 1.807) is 0 Å². The van der Waals surface area contributed by atoms with E-state index in [2.05, 4.69) is 31.5 Å². The number of halogens is 1. The molecule has 0 bridgehead atoms. The summed E-state index contributed by atoms with van der Waals surface area (Å²) < 4.78 is 0.456. The molecule has 1 fully saturated rings. The fourth-order valence-electron chi connectivity index (χ4n) is 1.91. The second-order valence-electron chi connectivity index (χ2n) is 5.06. The third kappa shape index (κ3) is 2.67. The summed E-state index contributed by atoms with van der Waals surface area (Å²) in [6.07, 6.45) is 1.16. The highest BCUT2D eigenvalue weighted by Gasteiger charge is 2.41. The number of pyridine rings is 1. The molecule has 0 saturated carbocycles. The van der Waals surface area contributed by atoms with Crippen molar-refractivity contribution < 1.29 is 9.72 Å². The van der Waals surface area contributed by atoms with Crippen molar-refractivity contribution in [1.29, 1.82) is 0 Å². The van der Waals surface area contributed by atoms with Crippen LogP contribution < -0.4 is 10.6 Å². The number of hydrogen-bond donors (Lipinski definition) is 2. The van der Waals surface area contributed by atoms with E-state index in [-0.39, 0.29) is 17.0 Å². The van der Waals surface area contributed by atoms with Gasteiger partial charge in [0, 0.05) is 18.0 Å². The Kier molecular flexibility index (Phi) is 3.44. The van der Waals surface area contributed by atoms with Gasteiger partial charge in [-0.15, -0.1) is 0 Å². The first-order chi connectivity index (χ1) is 8.81. The fraction of sp³-hybridized carbons (Fsp3) is 0.455. The van der Waals surface area contributed by atoms with Gasteiger partial charge in [-0.05, 0) is 15.9 Å². The van der Waals surface area contributed by atoms with E-state index in [9.17, 15) is 14.9 Å². The molecule has 1 unspecified atom stereocenters. The van der Waals surface area contributed by atoms with Crippen LogP contribution in [0.4, 0.5) is 11.5 Å². The van der Waals surface area contributed by atoms with E-state index in [1.165, 1.54) is 6.07 Å². The first-order valence-electron chi connectivity index (χ1n) is 5.65. The molecule has 0 radical (unpaired) electrons. The number of anilines is 1. The van der Waals surface area contributed by atoms with Gasteiger partial charge < -0.3 is 10.6 Å². The van der Waals surface area contributed by atoms with Crippen LogP contribution in [0.2, 0.25) is 0 Å². The van der Waals surface area contributed by atoms with Gasteiger partial charge in [0.25, 0.3) is 5.69 Å². The quantitative estimate of drug-likeness (QED) is 0.650. The minimum absolute atomic E-state index is 0.1000. The predicted octanol–water partition coefficient (Wildman–Crippen LogP) is 1.69. The number of aromatic nitrogens is 1. The number of rotatable bonds is 3. The summed E-state index contributed by atoms with van der Waals surface area (Å²) in [4.78, 5) is 25.8. The van der Waals surface area contributed by atoms with Crippen LogP contribution in [-0.4, -0.2) is 28.4 Å². The Morgan fingerprint density at radius 3 is 2.79 bits per heavy atom. The highest BCUT2D eigenvalue weighted by Crippen LogP contribution is 2.31. The van der Waals surface area contributed by atoms with E-state index in [4.69, 9.17) is 0 Å². The van der Waals surface area contributed by atoms with Crippen LogP contribution in [0, 0.1) is 15.5 Å². The van der Waals surface area contributed by atoms with Crippen LogP contribution in [0.15, 0.2) is 16.7 Å². The van der Waals surface area contributed by atoms with E-state index >= 15 is 0 Å². The highest BCUT2D eigenvalue weighted by molar-refractivity contribution is 9.10. The number of hydrogen-bond acceptors (Lipinski definition) is 5. The number of carbonyl (C=O) groups excluding carboxylic acids is 1. The lowest BCUT2D eigenvalue weighted by Crippen LogP contribution is -2.38.